The molecule has 8 nitrogen and oxygen atoms in total. The van der Waals surface area contributed by atoms with Crippen LogP contribution in [-0.4, -0.2) is 58.9 Å². The third kappa shape index (κ3) is 7.15. The normalized spacial score (nSPS) is 29.7. The van der Waals surface area contributed by atoms with Crippen molar-refractivity contribution < 1.29 is 24.0 Å². The van der Waals surface area contributed by atoms with Crippen LogP contribution in [0.15, 0.2) is 25.3 Å². The van der Waals surface area contributed by atoms with Gasteiger partial charge in [-0.1, -0.05) is 53.2 Å². The molecule has 43 heavy (non-hydrogen) atoms. The number of rotatable bonds is 15. The molecule has 3 saturated carbocycles. The van der Waals surface area contributed by atoms with Gasteiger partial charge in [-0.2, -0.15) is 0 Å². The van der Waals surface area contributed by atoms with Crippen LogP contribution in [0.5, 0.6) is 0 Å². The topological polar surface area (TPSA) is 113 Å². The lowest BCUT2D eigenvalue weighted by atomic mass is 9.83. The molecule has 238 valence electrons. The minimum atomic E-state index is -0.813. The predicted octanol–water partition coefficient (Wildman–Crippen LogP) is 5.41. The van der Waals surface area contributed by atoms with Crippen LogP contribution in [0, 0.1) is 40.4 Å². The summed E-state index contributed by atoms with van der Waals surface area (Å²) in [5, 5.41) is 6.13. The van der Waals surface area contributed by atoms with Crippen LogP contribution in [-0.2, 0) is 19.2 Å². The molecule has 0 spiro atoms. The van der Waals surface area contributed by atoms with Gasteiger partial charge < -0.3 is 15.5 Å². The summed E-state index contributed by atoms with van der Waals surface area (Å²) in [6, 6.07) is -1.67. The minimum Gasteiger partial charge on any atom is -0.335 e. The number of piperidine rings is 1. The van der Waals surface area contributed by atoms with E-state index in [0.717, 1.165) is 12.8 Å². The number of unbranched alkanes of at least 4 members (excludes halogenated alkanes) is 1. The summed E-state index contributed by atoms with van der Waals surface area (Å²) in [6.45, 7) is 17.9. The molecule has 0 aromatic rings. The third-order valence-electron chi connectivity index (χ3n) is 10.9. The van der Waals surface area contributed by atoms with Gasteiger partial charge in [-0.3, -0.25) is 19.2 Å². The first-order chi connectivity index (χ1) is 20.2. The van der Waals surface area contributed by atoms with Gasteiger partial charge in [-0.15, -0.1) is 13.2 Å². The van der Waals surface area contributed by atoms with Crippen LogP contribution in [0.25, 0.3) is 0 Å². The first kappa shape index (κ1) is 33.1. The van der Waals surface area contributed by atoms with E-state index < -0.39 is 35.0 Å². The first-order valence-electron chi connectivity index (χ1n) is 16.4. The van der Waals surface area contributed by atoms with E-state index in [9.17, 15) is 24.0 Å². The maximum Gasteiger partial charge on any atom is 0.315 e. The zero-order chi connectivity index (χ0) is 31.7. The van der Waals surface area contributed by atoms with Gasteiger partial charge in [0.1, 0.15) is 6.04 Å². The average Bonchev–Trinajstić information content (AvgIpc) is 3.46. The van der Waals surface area contributed by atoms with Gasteiger partial charge in [0.25, 0.3) is 0 Å². The number of allylic oxidation sites excluding steroid dienone is 2. The highest BCUT2D eigenvalue weighted by molar-refractivity contribution is 6.38. The van der Waals surface area contributed by atoms with Crippen LogP contribution >= 0.6 is 0 Å². The summed E-state index contributed by atoms with van der Waals surface area (Å²) in [5.74, 6) is -0.754. The Morgan fingerprint density at radius 2 is 1.72 bits per heavy atom. The maximum atomic E-state index is 14.2. The van der Waals surface area contributed by atoms with Crippen molar-refractivity contribution in [1.82, 2.24) is 15.5 Å². The van der Waals surface area contributed by atoms with Crippen molar-refractivity contribution in [3.05, 3.63) is 25.3 Å². The lowest BCUT2D eigenvalue weighted by molar-refractivity contribution is -0.144. The number of urea groups is 1. The molecule has 8 heteroatoms. The minimum absolute atomic E-state index is 0.00844. The molecular weight excluding hydrogens is 542 g/mol. The number of ketones is 3. The van der Waals surface area contributed by atoms with E-state index in [1.807, 2.05) is 20.8 Å². The molecule has 2 bridgehead atoms. The van der Waals surface area contributed by atoms with Crippen LogP contribution in [0.2, 0.25) is 0 Å². The molecule has 0 aromatic carbocycles. The standard InChI is InChI=1S/C35H53N3O5/c1-8-10-12-14-26(39)30(41)23(13-11-9-2)19-27(40)29-28-24(35(28,6)7)20-38(29)32(42)31(34(3,4)5)37-33(43)36-25-18-21-15-16-22(25)17-21/h8-9,21-25,28-29,31H,1-2,10-20H2,3-7H3,(H2,36,37,43)/t21?,22?,23?,24-,25?,28-,29+,31+/m0/s1. The molecule has 0 radical (unpaired) electrons. The zero-order valence-electron chi connectivity index (χ0n) is 27.0. The molecule has 2 N–H and O–H groups in total. The maximum absolute atomic E-state index is 14.2. The van der Waals surface area contributed by atoms with E-state index >= 15 is 0 Å². The quantitative estimate of drug-likeness (QED) is 0.149. The van der Waals surface area contributed by atoms with Crippen molar-refractivity contribution in [3.8, 4) is 0 Å². The number of fused-ring (bicyclic) bond motifs is 3. The van der Waals surface area contributed by atoms with E-state index in [1.165, 1.54) is 12.8 Å². The van der Waals surface area contributed by atoms with Crippen LogP contribution in [0.4, 0.5) is 4.79 Å². The van der Waals surface area contributed by atoms with Gasteiger partial charge in [0.2, 0.25) is 11.7 Å². The van der Waals surface area contributed by atoms with E-state index in [4.69, 9.17) is 0 Å². The van der Waals surface area contributed by atoms with Crippen molar-refractivity contribution >= 4 is 29.3 Å². The Labute approximate surface area is 257 Å². The summed E-state index contributed by atoms with van der Waals surface area (Å²) >= 11 is 0. The van der Waals surface area contributed by atoms with E-state index in [1.54, 1.807) is 17.1 Å². The molecule has 1 heterocycles. The molecule has 1 saturated heterocycles. The molecule has 4 fully saturated rings. The average molecular weight is 596 g/mol. The molecule has 1 aliphatic heterocycles. The van der Waals surface area contributed by atoms with Gasteiger partial charge >= 0.3 is 6.03 Å². The number of nitrogens with zero attached hydrogens (tertiary/aromatic N) is 1. The second-order valence-electron chi connectivity index (χ2n) is 15.3. The number of carbonyl (C=O) groups excluding carboxylic acids is 5. The molecule has 3 amide bonds. The highest BCUT2D eigenvalue weighted by Gasteiger charge is 2.69. The highest BCUT2D eigenvalue weighted by Crippen LogP contribution is 2.65. The fourth-order valence-corrected chi connectivity index (χ4v) is 8.23. The summed E-state index contributed by atoms with van der Waals surface area (Å²) in [7, 11) is 0. The second-order valence-corrected chi connectivity index (χ2v) is 15.3. The number of carbonyl (C=O) groups is 5. The van der Waals surface area contributed by atoms with E-state index in [-0.39, 0.29) is 53.9 Å². The lowest BCUT2D eigenvalue weighted by Crippen LogP contribution is -2.60. The van der Waals surface area contributed by atoms with Gasteiger partial charge in [-0.25, -0.2) is 4.79 Å². The molecule has 3 aliphatic carbocycles. The Hall–Kier alpha value is -2.77. The Bertz CT molecular complexity index is 1140. The largest absolute Gasteiger partial charge is 0.335 e. The Morgan fingerprint density at radius 3 is 2.30 bits per heavy atom. The predicted molar refractivity (Wildman–Crippen MR) is 167 cm³/mol. The van der Waals surface area contributed by atoms with Gasteiger partial charge in [0, 0.05) is 31.3 Å². The van der Waals surface area contributed by atoms with Gasteiger partial charge in [0.05, 0.1) is 6.04 Å². The Morgan fingerprint density at radius 1 is 1.02 bits per heavy atom. The summed E-state index contributed by atoms with van der Waals surface area (Å²) in [4.78, 5) is 69.0. The second kappa shape index (κ2) is 13.1. The number of hydrogen-bond donors (Lipinski definition) is 2. The SMILES string of the molecule is C=CCCCC(=O)C(=O)C(CCC=C)CC(=O)[C@@H]1[C@@H]2[C@H](CN1C(=O)[C@@H](NC(=O)NC1CC3CCC1C3)C(C)(C)C)C2(C)C. The molecule has 4 unspecified atom stereocenters. The molecule has 4 rings (SSSR count). The van der Waals surface area contributed by atoms with Crippen molar-refractivity contribution in [3.63, 3.8) is 0 Å². The molecule has 4 aliphatic rings. The third-order valence-corrected chi connectivity index (χ3v) is 10.9. The molecule has 8 atom stereocenters. The van der Waals surface area contributed by atoms with Crippen molar-refractivity contribution in [2.75, 3.05) is 6.54 Å². The van der Waals surface area contributed by atoms with Crippen LogP contribution in [0.1, 0.15) is 98.8 Å². The number of nitrogens with one attached hydrogen (secondary N) is 2. The van der Waals surface area contributed by atoms with E-state index in [0.29, 0.717) is 44.1 Å². The number of amides is 3. The smallest absolute Gasteiger partial charge is 0.315 e. The summed E-state index contributed by atoms with van der Waals surface area (Å²) in [5.41, 5.74) is -0.679. The number of likely N-dealkylation sites (tertiary alicyclic amines) is 1. The monoisotopic (exact) mass is 595 g/mol. The molecular formula is C35H53N3O5. The molecule has 0 aromatic heterocycles. The van der Waals surface area contributed by atoms with Gasteiger partial charge in [-0.05, 0) is 79.4 Å². The Kier molecular flexibility index (Phi) is 10.1. The van der Waals surface area contributed by atoms with E-state index in [2.05, 4.69) is 37.6 Å². The van der Waals surface area contributed by atoms with Crippen molar-refractivity contribution in [2.45, 2.75) is 117 Å². The fourth-order valence-electron chi connectivity index (χ4n) is 8.23. The van der Waals surface area contributed by atoms with Crippen molar-refractivity contribution in [2.24, 2.45) is 40.4 Å². The summed E-state index contributed by atoms with van der Waals surface area (Å²) in [6.07, 6.45) is 10.1. The Balaban J connectivity index is 1.49. The fraction of sp³-hybridized carbons (Fsp3) is 0.743. The van der Waals surface area contributed by atoms with Crippen LogP contribution in [0.3, 0.4) is 0 Å². The zero-order valence-corrected chi connectivity index (χ0v) is 27.0. The highest BCUT2D eigenvalue weighted by atomic mass is 16.2. The number of Topliss-reactive ketones (excluding diaryl/α,β-unsaturated/α-hetero) is 3. The summed E-state index contributed by atoms with van der Waals surface area (Å²) < 4.78 is 0. The van der Waals surface area contributed by atoms with Crippen LogP contribution < -0.4 is 10.6 Å². The number of hydrogen-bond acceptors (Lipinski definition) is 5. The first-order valence-corrected chi connectivity index (χ1v) is 16.4. The van der Waals surface area contributed by atoms with Gasteiger partial charge in [0.15, 0.2) is 11.6 Å². The lowest BCUT2D eigenvalue weighted by Gasteiger charge is -2.38. The van der Waals surface area contributed by atoms with Crippen molar-refractivity contribution in [1.29, 1.82) is 0 Å².